The third-order valence-corrected chi connectivity index (χ3v) is 5.15. The minimum Gasteiger partial charge on any atom is -0.505 e. The molecular weight excluding hydrogens is 453 g/mol. The molecule has 0 saturated carbocycles. The van der Waals surface area contributed by atoms with Gasteiger partial charge in [-0.2, -0.15) is 0 Å². The number of aromatic nitrogens is 1. The Kier molecular flexibility index (Phi) is 6.72. The maximum absolute atomic E-state index is 13.6. The van der Waals surface area contributed by atoms with Gasteiger partial charge >= 0.3 is 5.97 Å². The quantitative estimate of drug-likeness (QED) is 0.538. The van der Waals surface area contributed by atoms with Crippen LogP contribution in [0.4, 0.5) is 8.78 Å². The topological polar surface area (TPSA) is 90.7 Å². The van der Waals surface area contributed by atoms with Gasteiger partial charge in [-0.25, -0.2) is 18.6 Å². The van der Waals surface area contributed by atoms with Crippen LogP contribution < -0.4 is 0 Å². The molecule has 1 aromatic heterocycles. The zero-order chi connectivity index (χ0) is 22.7. The van der Waals surface area contributed by atoms with E-state index < -0.39 is 35.0 Å². The standard InChI is InChI=1S/C21H14Cl2F2N2O4/c22-16-3-1-2-12(18(16)23)10-27(20(29)13-5-14(24)7-15(25)6-13)9-11-4-17(28)19(21(30)31)26-8-11/h1-8,28H,9-10H2,(H,30,31). The van der Waals surface area contributed by atoms with Gasteiger partial charge in [0.25, 0.3) is 5.91 Å². The molecule has 0 bridgehead atoms. The highest BCUT2D eigenvalue weighted by Gasteiger charge is 2.21. The second kappa shape index (κ2) is 9.28. The number of rotatable bonds is 6. The monoisotopic (exact) mass is 466 g/mol. The molecule has 3 aromatic rings. The summed E-state index contributed by atoms with van der Waals surface area (Å²) in [7, 11) is 0. The lowest BCUT2D eigenvalue weighted by Crippen LogP contribution is -2.30. The fourth-order valence-corrected chi connectivity index (χ4v) is 3.28. The van der Waals surface area contributed by atoms with E-state index in [1.807, 2.05) is 0 Å². The van der Waals surface area contributed by atoms with E-state index in [-0.39, 0.29) is 34.3 Å². The molecule has 0 saturated heterocycles. The number of carboxylic acid groups (broad SMARTS) is 1. The molecule has 0 spiro atoms. The van der Waals surface area contributed by atoms with Gasteiger partial charge < -0.3 is 15.1 Å². The van der Waals surface area contributed by atoms with Crippen molar-refractivity contribution in [2.75, 3.05) is 0 Å². The lowest BCUT2D eigenvalue weighted by atomic mass is 10.1. The van der Waals surface area contributed by atoms with E-state index in [1.165, 1.54) is 11.1 Å². The minimum absolute atomic E-state index is 0.0855. The molecular formula is C21H14Cl2F2N2O4. The fraction of sp³-hybridized carbons (Fsp3) is 0.0952. The number of pyridine rings is 1. The van der Waals surface area contributed by atoms with E-state index in [2.05, 4.69) is 4.98 Å². The van der Waals surface area contributed by atoms with E-state index >= 15 is 0 Å². The number of carbonyl (C=O) groups is 2. The highest BCUT2D eigenvalue weighted by molar-refractivity contribution is 6.42. The van der Waals surface area contributed by atoms with Crippen LogP contribution in [0, 0.1) is 11.6 Å². The Hall–Kier alpha value is -3.23. The molecule has 0 radical (unpaired) electrons. The molecule has 10 heteroatoms. The van der Waals surface area contributed by atoms with Gasteiger partial charge in [-0.1, -0.05) is 35.3 Å². The number of amides is 1. The van der Waals surface area contributed by atoms with Gasteiger partial charge in [0.2, 0.25) is 0 Å². The van der Waals surface area contributed by atoms with Gasteiger partial charge in [-0.15, -0.1) is 0 Å². The molecule has 0 atom stereocenters. The number of carbonyl (C=O) groups excluding carboxylic acids is 1. The summed E-state index contributed by atoms with van der Waals surface area (Å²) in [5.41, 5.74) is -0.0358. The van der Waals surface area contributed by atoms with E-state index in [0.717, 1.165) is 18.2 Å². The van der Waals surface area contributed by atoms with Crippen LogP contribution in [0.2, 0.25) is 10.0 Å². The number of benzene rings is 2. The fourth-order valence-electron chi connectivity index (χ4n) is 2.90. The Balaban J connectivity index is 1.99. The largest absolute Gasteiger partial charge is 0.505 e. The van der Waals surface area contributed by atoms with Gasteiger partial charge in [-0.3, -0.25) is 4.79 Å². The SMILES string of the molecule is O=C(O)c1ncc(CN(Cc2cccc(Cl)c2Cl)C(=O)c2cc(F)cc(F)c2)cc1O. The van der Waals surface area contributed by atoms with E-state index in [4.69, 9.17) is 28.3 Å². The first-order valence-electron chi connectivity index (χ1n) is 8.75. The molecule has 2 aromatic carbocycles. The summed E-state index contributed by atoms with van der Waals surface area (Å²) in [4.78, 5) is 29.0. The number of carboxylic acids is 1. The van der Waals surface area contributed by atoms with E-state index in [1.54, 1.807) is 18.2 Å². The molecule has 0 aliphatic carbocycles. The average Bonchev–Trinajstić information content (AvgIpc) is 2.69. The number of nitrogens with zero attached hydrogens (tertiary/aromatic N) is 2. The molecule has 0 aliphatic rings. The Morgan fingerprint density at radius 3 is 2.32 bits per heavy atom. The summed E-state index contributed by atoms with van der Waals surface area (Å²) in [5.74, 6) is -4.58. The third kappa shape index (κ3) is 5.28. The van der Waals surface area contributed by atoms with Gasteiger partial charge in [0, 0.05) is 30.9 Å². The highest BCUT2D eigenvalue weighted by atomic mass is 35.5. The smallest absolute Gasteiger partial charge is 0.358 e. The molecule has 160 valence electrons. The molecule has 2 N–H and O–H groups in total. The third-order valence-electron chi connectivity index (χ3n) is 4.29. The van der Waals surface area contributed by atoms with Crippen LogP contribution in [0.1, 0.15) is 32.0 Å². The summed E-state index contributed by atoms with van der Waals surface area (Å²) in [6, 6.07) is 8.38. The van der Waals surface area contributed by atoms with Crippen LogP contribution in [-0.2, 0) is 13.1 Å². The van der Waals surface area contributed by atoms with Crippen LogP contribution in [0.15, 0.2) is 48.7 Å². The maximum Gasteiger partial charge on any atom is 0.358 e. The second-order valence-electron chi connectivity index (χ2n) is 6.55. The van der Waals surface area contributed by atoms with Crippen molar-refractivity contribution in [3.8, 4) is 5.75 Å². The lowest BCUT2D eigenvalue weighted by molar-refractivity contribution is 0.0683. The first-order valence-corrected chi connectivity index (χ1v) is 9.50. The van der Waals surface area contributed by atoms with Gasteiger partial charge in [-0.05, 0) is 35.4 Å². The number of halogens is 4. The van der Waals surface area contributed by atoms with Gasteiger partial charge in [0.1, 0.15) is 17.4 Å². The number of hydrogen-bond donors (Lipinski definition) is 2. The minimum atomic E-state index is -1.42. The summed E-state index contributed by atoms with van der Waals surface area (Å²) in [6.45, 7) is -0.252. The summed E-state index contributed by atoms with van der Waals surface area (Å²) in [6.07, 6.45) is 1.18. The number of aromatic carboxylic acids is 1. The van der Waals surface area contributed by atoms with E-state index in [0.29, 0.717) is 11.6 Å². The van der Waals surface area contributed by atoms with Crippen LogP contribution in [0.5, 0.6) is 5.75 Å². The van der Waals surface area contributed by atoms with Crippen molar-refractivity contribution in [2.45, 2.75) is 13.1 Å². The molecule has 6 nitrogen and oxygen atoms in total. The Labute approximate surface area is 185 Å². The maximum atomic E-state index is 13.6. The first-order chi connectivity index (χ1) is 14.7. The predicted molar refractivity (Wildman–Crippen MR) is 109 cm³/mol. The van der Waals surface area contributed by atoms with Crippen LogP contribution in [0.3, 0.4) is 0 Å². The van der Waals surface area contributed by atoms with Crippen LogP contribution in [-0.4, -0.2) is 32.0 Å². The molecule has 31 heavy (non-hydrogen) atoms. The zero-order valence-electron chi connectivity index (χ0n) is 15.7. The van der Waals surface area contributed by atoms with Crippen molar-refractivity contribution in [1.29, 1.82) is 0 Å². The van der Waals surface area contributed by atoms with Crippen molar-refractivity contribution in [1.82, 2.24) is 9.88 Å². The molecule has 1 amide bonds. The van der Waals surface area contributed by atoms with Crippen molar-refractivity contribution < 1.29 is 28.6 Å². The number of hydrogen-bond acceptors (Lipinski definition) is 4. The van der Waals surface area contributed by atoms with Crippen molar-refractivity contribution in [2.24, 2.45) is 0 Å². The van der Waals surface area contributed by atoms with Crippen molar-refractivity contribution in [3.63, 3.8) is 0 Å². The molecule has 3 rings (SSSR count). The summed E-state index contributed by atoms with van der Waals surface area (Å²) < 4.78 is 27.3. The van der Waals surface area contributed by atoms with Crippen LogP contribution in [0.25, 0.3) is 0 Å². The zero-order valence-corrected chi connectivity index (χ0v) is 17.2. The Bertz CT molecular complexity index is 1150. The van der Waals surface area contributed by atoms with Crippen LogP contribution >= 0.6 is 23.2 Å². The van der Waals surface area contributed by atoms with E-state index in [9.17, 15) is 23.5 Å². The second-order valence-corrected chi connectivity index (χ2v) is 7.33. The Morgan fingerprint density at radius 2 is 1.71 bits per heavy atom. The number of aromatic hydroxyl groups is 1. The molecule has 0 unspecified atom stereocenters. The average molecular weight is 467 g/mol. The van der Waals surface area contributed by atoms with Crippen molar-refractivity contribution >= 4 is 35.1 Å². The lowest BCUT2D eigenvalue weighted by Gasteiger charge is -2.24. The summed E-state index contributed by atoms with van der Waals surface area (Å²) in [5, 5.41) is 19.3. The predicted octanol–water partition coefficient (Wildman–Crippen LogP) is 4.91. The van der Waals surface area contributed by atoms with Gasteiger partial charge in [0.05, 0.1) is 10.0 Å². The van der Waals surface area contributed by atoms with Gasteiger partial charge in [0.15, 0.2) is 5.69 Å². The Morgan fingerprint density at radius 1 is 1.03 bits per heavy atom. The molecule has 0 fully saturated rings. The molecule has 1 heterocycles. The van der Waals surface area contributed by atoms with Crippen molar-refractivity contribution in [3.05, 3.63) is 92.7 Å². The summed E-state index contributed by atoms with van der Waals surface area (Å²) >= 11 is 12.2. The normalized spacial score (nSPS) is 10.7. The molecule has 0 aliphatic heterocycles. The first kappa shape index (κ1) is 22.5. The highest BCUT2D eigenvalue weighted by Crippen LogP contribution is 2.28.